The van der Waals surface area contributed by atoms with Crippen molar-refractivity contribution in [3.05, 3.63) is 94.8 Å². The molecular formula is C37H37N5O7. The van der Waals surface area contributed by atoms with Crippen molar-refractivity contribution in [3.63, 3.8) is 0 Å². The van der Waals surface area contributed by atoms with Gasteiger partial charge in [0.05, 0.1) is 39.6 Å². The number of carboxylic acid groups (broad SMARTS) is 2. The molecule has 0 saturated heterocycles. The van der Waals surface area contributed by atoms with Crippen LogP contribution in [0, 0.1) is 23.2 Å². The topological polar surface area (TPSA) is 191 Å². The van der Waals surface area contributed by atoms with Gasteiger partial charge in [-0.1, -0.05) is 30.3 Å². The molecule has 12 nitrogen and oxygen atoms in total. The Labute approximate surface area is 281 Å². The minimum absolute atomic E-state index is 0.0505. The normalized spacial score (nSPS) is 22.7. The van der Waals surface area contributed by atoms with Crippen molar-refractivity contribution in [1.29, 1.82) is 0 Å². The average Bonchev–Trinajstić information content (AvgIpc) is 3.54. The number of nitrogens with one attached hydrogen (secondary N) is 4. The van der Waals surface area contributed by atoms with E-state index in [1.54, 1.807) is 30.3 Å². The summed E-state index contributed by atoms with van der Waals surface area (Å²) >= 11 is 0. The highest BCUT2D eigenvalue weighted by Crippen LogP contribution is 2.59. The molecule has 49 heavy (non-hydrogen) atoms. The largest absolute Gasteiger partial charge is 0.478 e. The van der Waals surface area contributed by atoms with E-state index in [4.69, 9.17) is 0 Å². The first-order valence-electron chi connectivity index (χ1n) is 16.6. The molecule has 3 aromatic carbocycles. The van der Waals surface area contributed by atoms with Crippen LogP contribution in [0.2, 0.25) is 0 Å². The summed E-state index contributed by atoms with van der Waals surface area (Å²) in [5, 5.41) is 27.5. The van der Waals surface area contributed by atoms with Crippen LogP contribution in [0.4, 0.5) is 5.69 Å². The Balaban J connectivity index is 1.15. The summed E-state index contributed by atoms with van der Waals surface area (Å²) in [6, 6.07) is 14.2. The molecule has 3 amide bonds. The van der Waals surface area contributed by atoms with Gasteiger partial charge in [-0.25, -0.2) is 14.6 Å². The van der Waals surface area contributed by atoms with Crippen molar-refractivity contribution in [2.24, 2.45) is 23.2 Å². The number of H-pyrrole nitrogens is 1. The standard InChI is InChI=1S/C37H37N5O7/c43-32(38-18-37-15-21-6-22(16-37)8-23(7-21)17-37)27-13-29-30(40-19-39-29)14-28(27)33(44)42-31(9-20-4-2-1-3-5-20)34(45)41-26-11-24(35(46)47)10-25(12-26)36(48)49/h1-5,10-14,19,21-23,31H,6-9,15-18H2,(H,38,43)(H,39,40)(H,41,45)(H,42,44)(H,46,47)(H,48,49)/t21?,22?,23?,31-,37?/m0/s1. The molecule has 0 unspecified atom stereocenters. The number of amides is 3. The van der Waals surface area contributed by atoms with Crippen LogP contribution in [0.5, 0.6) is 0 Å². The Morgan fingerprint density at radius 1 is 0.816 bits per heavy atom. The van der Waals surface area contributed by atoms with Gasteiger partial charge in [0.15, 0.2) is 0 Å². The lowest BCUT2D eigenvalue weighted by Gasteiger charge is -2.56. The van der Waals surface area contributed by atoms with Crippen molar-refractivity contribution in [2.75, 3.05) is 11.9 Å². The number of hydrogen-bond donors (Lipinski definition) is 6. The van der Waals surface area contributed by atoms with E-state index in [2.05, 4.69) is 25.9 Å². The number of carboxylic acids is 2. The third-order valence-corrected chi connectivity index (χ3v) is 10.4. The zero-order valence-corrected chi connectivity index (χ0v) is 26.7. The first-order valence-corrected chi connectivity index (χ1v) is 16.6. The van der Waals surface area contributed by atoms with Gasteiger partial charge in [-0.2, -0.15) is 0 Å². The summed E-state index contributed by atoms with van der Waals surface area (Å²) < 4.78 is 0. The molecule has 1 aromatic heterocycles. The minimum Gasteiger partial charge on any atom is -0.478 e. The number of aromatic carboxylic acids is 2. The number of fused-ring (bicyclic) bond motifs is 1. The molecule has 0 radical (unpaired) electrons. The fourth-order valence-electron chi connectivity index (χ4n) is 8.70. The van der Waals surface area contributed by atoms with Crippen LogP contribution in [0.3, 0.4) is 0 Å². The van der Waals surface area contributed by atoms with Gasteiger partial charge in [0.1, 0.15) is 6.04 Å². The molecule has 8 rings (SSSR count). The SMILES string of the molecule is O=C(O)c1cc(NC(=O)[C@H](Cc2ccccc2)NC(=O)c2cc3nc[nH]c3cc2C(=O)NCC23CC4CC(CC(C4)C2)C3)cc(C(=O)O)c1. The van der Waals surface area contributed by atoms with Crippen LogP contribution in [0.25, 0.3) is 11.0 Å². The van der Waals surface area contributed by atoms with Crippen LogP contribution >= 0.6 is 0 Å². The molecule has 4 saturated carbocycles. The monoisotopic (exact) mass is 663 g/mol. The number of hydrogen-bond acceptors (Lipinski definition) is 6. The highest BCUT2D eigenvalue weighted by Gasteiger charge is 2.50. The molecule has 4 aliphatic carbocycles. The van der Waals surface area contributed by atoms with Crippen molar-refractivity contribution >= 4 is 46.4 Å². The quantitative estimate of drug-likeness (QED) is 0.131. The predicted molar refractivity (Wildman–Crippen MR) is 179 cm³/mol. The lowest BCUT2D eigenvalue weighted by atomic mass is 9.49. The lowest BCUT2D eigenvalue weighted by Crippen LogP contribution is -2.51. The van der Waals surface area contributed by atoms with Crippen molar-refractivity contribution in [2.45, 2.75) is 51.0 Å². The molecule has 0 aliphatic heterocycles. The second-order valence-electron chi connectivity index (χ2n) is 14.0. The molecule has 4 aliphatic rings. The summed E-state index contributed by atoms with van der Waals surface area (Å²) in [6.45, 7) is 0.546. The fourth-order valence-corrected chi connectivity index (χ4v) is 8.70. The first-order chi connectivity index (χ1) is 23.5. The maximum absolute atomic E-state index is 14.0. The van der Waals surface area contributed by atoms with E-state index in [1.807, 2.05) is 6.07 Å². The number of benzene rings is 3. The van der Waals surface area contributed by atoms with E-state index in [1.165, 1.54) is 31.7 Å². The van der Waals surface area contributed by atoms with Crippen LogP contribution in [-0.4, -0.2) is 62.4 Å². The maximum atomic E-state index is 14.0. The van der Waals surface area contributed by atoms with Crippen LogP contribution in [0.15, 0.2) is 67.0 Å². The number of carbonyl (C=O) groups excluding carboxylic acids is 3. The van der Waals surface area contributed by atoms with Gasteiger partial charge in [0.2, 0.25) is 5.91 Å². The van der Waals surface area contributed by atoms with E-state index in [0.29, 0.717) is 17.6 Å². The number of anilines is 1. The fraction of sp³-hybridized carbons (Fsp3) is 0.351. The van der Waals surface area contributed by atoms with E-state index in [0.717, 1.165) is 60.8 Å². The first kappa shape index (κ1) is 32.0. The summed E-state index contributed by atoms with van der Waals surface area (Å²) in [5.41, 5.74) is 1.36. The molecule has 1 atom stereocenters. The molecule has 4 bridgehead atoms. The Morgan fingerprint density at radius 2 is 1.43 bits per heavy atom. The summed E-state index contributed by atoms with van der Waals surface area (Å²) in [4.78, 5) is 72.2. The number of imidazole rings is 1. The second kappa shape index (κ2) is 12.8. The van der Waals surface area contributed by atoms with Crippen molar-refractivity contribution in [3.8, 4) is 0 Å². The molecule has 4 aromatic rings. The third-order valence-electron chi connectivity index (χ3n) is 10.4. The number of aromatic amines is 1. The molecule has 0 spiro atoms. The molecule has 252 valence electrons. The average molecular weight is 664 g/mol. The summed E-state index contributed by atoms with van der Waals surface area (Å²) in [6.07, 6.45) is 8.75. The van der Waals surface area contributed by atoms with Gasteiger partial charge in [-0.3, -0.25) is 14.4 Å². The van der Waals surface area contributed by atoms with Gasteiger partial charge in [-0.15, -0.1) is 0 Å². The van der Waals surface area contributed by atoms with Crippen molar-refractivity contribution in [1.82, 2.24) is 20.6 Å². The minimum atomic E-state index is -1.37. The highest BCUT2D eigenvalue weighted by atomic mass is 16.4. The Kier molecular flexibility index (Phi) is 8.39. The van der Waals surface area contributed by atoms with E-state index < -0.39 is 29.8 Å². The molecule has 12 heteroatoms. The number of carbonyl (C=O) groups is 5. The van der Waals surface area contributed by atoms with Crippen molar-refractivity contribution < 1.29 is 34.2 Å². The zero-order valence-electron chi connectivity index (χ0n) is 26.7. The zero-order chi connectivity index (χ0) is 34.3. The Morgan fingerprint density at radius 3 is 2.04 bits per heavy atom. The Hall–Kier alpha value is -5.52. The van der Waals surface area contributed by atoms with E-state index >= 15 is 0 Å². The molecular weight excluding hydrogens is 626 g/mol. The van der Waals surface area contributed by atoms with Gasteiger partial charge in [0.25, 0.3) is 11.8 Å². The van der Waals surface area contributed by atoms with Gasteiger partial charge >= 0.3 is 11.9 Å². The summed E-state index contributed by atoms with van der Waals surface area (Å²) in [5.74, 6) is -2.32. The van der Waals surface area contributed by atoms with Crippen LogP contribution in [-0.2, 0) is 11.2 Å². The maximum Gasteiger partial charge on any atom is 0.335 e. The number of nitrogens with zero attached hydrogens (tertiary/aromatic N) is 1. The van der Waals surface area contributed by atoms with Gasteiger partial charge in [-0.05, 0) is 97.6 Å². The molecule has 4 fully saturated rings. The molecule has 1 heterocycles. The highest BCUT2D eigenvalue weighted by molar-refractivity contribution is 6.11. The van der Waals surface area contributed by atoms with Crippen LogP contribution < -0.4 is 16.0 Å². The van der Waals surface area contributed by atoms with E-state index in [9.17, 15) is 34.2 Å². The van der Waals surface area contributed by atoms with E-state index in [-0.39, 0.29) is 45.7 Å². The summed E-state index contributed by atoms with van der Waals surface area (Å²) in [7, 11) is 0. The predicted octanol–water partition coefficient (Wildman–Crippen LogP) is 4.89. The smallest absolute Gasteiger partial charge is 0.335 e. The molecule has 6 N–H and O–H groups in total. The Bertz CT molecular complexity index is 1900. The van der Waals surface area contributed by atoms with Crippen LogP contribution in [0.1, 0.15) is 85.5 Å². The third kappa shape index (κ3) is 6.76. The van der Waals surface area contributed by atoms with Gasteiger partial charge < -0.3 is 31.1 Å². The second-order valence-corrected chi connectivity index (χ2v) is 14.0. The number of rotatable bonds is 11. The number of aromatic nitrogens is 2. The van der Waals surface area contributed by atoms with Gasteiger partial charge in [0, 0.05) is 18.7 Å². The lowest BCUT2D eigenvalue weighted by molar-refractivity contribution is -0.118.